The molecule has 0 radical (unpaired) electrons. The van der Waals surface area contributed by atoms with E-state index >= 15 is 4.39 Å². The Bertz CT molecular complexity index is 793. The van der Waals surface area contributed by atoms with Gasteiger partial charge in [0.25, 0.3) is 0 Å². The molecule has 7 nitrogen and oxygen atoms in total. The summed E-state index contributed by atoms with van der Waals surface area (Å²) in [7, 11) is -4.62. The zero-order valence-electron chi connectivity index (χ0n) is 22.6. The van der Waals surface area contributed by atoms with Crippen LogP contribution in [0.3, 0.4) is 0 Å². The van der Waals surface area contributed by atoms with Crippen LogP contribution in [0.15, 0.2) is 24.9 Å². The van der Waals surface area contributed by atoms with Gasteiger partial charge in [0.15, 0.2) is 29.0 Å². The molecule has 10 heteroatoms. The van der Waals surface area contributed by atoms with Crippen molar-refractivity contribution in [3.05, 3.63) is 24.9 Å². The highest BCUT2D eigenvalue weighted by molar-refractivity contribution is 6.74. The number of urea groups is 1. The molecule has 0 bridgehead atoms. The molecular formula is C24H45FN2O5Si2. The largest absolute Gasteiger partial charge is 0.414 e. The summed E-state index contributed by atoms with van der Waals surface area (Å²) in [6.07, 6.45) is -0.175. The van der Waals surface area contributed by atoms with Gasteiger partial charge in [-0.2, -0.15) is 0 Å². The third-order valence-corrected chi connectivity index (χ3v) is 16.8. The minimum absolute atomic E-state index is 0.0447. The highest BCUT2D eigenvalue weighted by atomic mass is 28.4. The number of halogens is 1. The van der Waals surface area contributed by atoms with Gasteiger partial charge in [-0.1, -0.05) is 47.6 Å². The lowest BCUT2D eigenvalue weighted by atomic mass is 9.93. The average molecular weight is 517 g/mol. The molecule has 5 atom stereocenters. The maximum atomic E-state index is 16.3. The summed E-state index contributed by atoms with van der Waals surface area (Å²) in [5.41, 5.74) is -1.15. The fourth-order valence-corrected chi connectivity index (χ4v) is 5.85. The van der Waals surface area contributed by atoms with Crippen molar-refractivity contribution in [2.75, 3.05) is 6.61 Å². The SMILES string of the molecule is C=CC[C@]1(CO[Si](C)(C)C(C)(C)C)O[C@@H](N2C=CC(O)NC2=O)[C@H](F)C1O[Si](C)(C)C(C)(C)C. The van der Waals surface area contributed by atoms with E-state index in [1.807, 2.05) is 0 Å². The van der Waals surface area contributed by atoms with Gasteiger partial charge in [0.2, 0.25) is 0 Å². The number of alkyl halides is 1. The van der Waals surface area contributed by atoms with Crippen LogP contribution in [0, 0.1) is 0 Å². The van der Waals surface area contributed by atoms with Gasteiger partial charge in [0, 0.05) is 6.20 Å². The van der Waals surface area contributed by atoms with Crippen LogP contribution >= 0.6 is 0 Å². The standard InChI is InChI=1S/C24H45FN2O5Si2/c1-12-14-24(16-30-33(8,9)22(2,3)4)19(32-34(10,11)23(5,6)7)18(25)20(31-24)27-15-13-17(28)26-21(27)29/h12-13,15,17-20,28H,1,14,16H2,2-11H3,(H,26,29)/t17?,18-,19?,20-,24-/m1/s1. The minimum Gasteiger partial charge on any atom is -0.414 e. The number of aliphatic hydroxyl groups is 1. The number of amides is 2. The van der Waals surface area contributed by atoms with Gasteiger partial charge < -0.3 is 24.0 Å². The number of hydrogen-bond donors (Lipinski definition) is 2. The Morgan fingerprint density at radius 1 is 1.21 bits per heavy atom. The van der Waals surface area contributed by atoms with Crippen molar-refractivity contribution in [2.24, 2.45) is 0 Å². The molecular weight excluding hydrogens is 471 g/mol. The van der Waals surface area contributed by atoms with Crippen LogP contribution in [0.1, 0.15) is 48.0 Å². The quantitative estimate of drug-likeness (QED) is 0.340. The van der Waals surface area contributed by atoms with Gasteiger partial charge in [-0.3, -0.25) is 4.90 Å². The molecule has 0 saturated carbocycles. The Hall–Kier alpha value is -1.05. The molecule has 2 aliphatic heterocycles. The van der Waals surface area contributed by atoms with E-state index in [2.05, 4.69) is 79.6 Å². The summed E-state index contributed by atoms with van der Waals surface area (Å²) >= 11 is 0. The minimum atomic E-state index is -2.42. The van der Waals surface area contributed by atoms with E-state index in [4.69, 9.17) is 13.6 Å². The van der Waals surface area contributed by atoms with Crippen molar-refractivity contribution in [1.82, 2.24) is 10.2 Å². The fraction of sp³-hybridized carbons (Fsp3) is 0.792. The van der Waals surface area contributed by atoms with E-state index in [0.29, 0.717) is 6.42 Å². The number of carbonyl (C=O) groups excluding carboxylic acids is 1. The monoisotopic (exact) mass is 516 g/mol. The molecule has 0 aromatic rings. The summed E-state index contributed by atoms with van der Waals surface area (Å²) in [4.78, 5) is 13.7. The lowest BCUT2D eigenvalue weighted by molar-refractivity contribution is -0.125. The van der Waals surface area contributed by atoms with Crippen LogP contribution in [0.4, 0.5) is 9.18 Å². The number of nitrogens with zero attached hydrogens (tertiary/aromatic N) is 1. The first kappa shape index (κ1) is 29.2. The van der Waals surface area contributed by atoms with Crippen LogP contribution in [-0.4, -0.2) is 69.6 Å². The highest BCUT2D eigenvalue weighted by Crippen LogP contribution is 2.47. The van der Waals surface area contributed by atoms with Crippen LogP contribution in [0.25, 0.3) is 0 Å². The average Bonchev–Trinajstić information content (AvgIpc) is 2.91. The first-order valence-electron chi connectivity index (χ1n) is 12.0. The first-order valence-corrected chi connectivity index (χ1v) is 17.8. The summed E-state index contributed by atoms with van der Waals surface area (Å²) in [6, 6.07) is -0.631. The van der Waals surface area contributed by atoms with E-state index in [-0.39, 0.29) is 16.7 Å². The van der Waals surface area contributed by atoms with E-state index in [9.17, 15) is 9.90 Å². The number of aliphatic hydroxyl groups excluding tert-OH is 1. The molecule has 0 aromatic carbocycles. The highest BCUT2D eigenvalue weighted by Gasteiger charge is 2.61. The summed E-state index contributed by atoms with van der Waals surface area (Å²) in [6.45, 7) is 25.2. The van der Waals surface area contributed by atoms with Crippen molar-refractivity contribution >= 4 is 22.7 Å². The maximum absolute atomic E-state index is 16.3. The van der Waals surface area contributed by atoms with Crippen molar-refractivity contribution in [3.8, 4) is 0 Å². The van der Waals surface area contributed by atoms with Gasteiger partial charge >= 0.3 is 6.03 Å². The van der Waals surface area contributed by atoms with Crippen molar-refractivity contribution < 1.29 is 27.9 Å². The molecule has 1 saturated heterocycles. The zero-order chi connectivity index (χ0) is 26.3. The molecule has 2 rings (SSSR count). The Kier molecular flexibility index (Phi) is 8.39. The number of carbonyl (C=O) groups is 1. The predicted molar refractivity (Wildman–Crippen MR) is 138 cm³/mol. The second kappa shape index (κ2) is 9.78. The maximum Gasteiger partial charge on any atom is 0.325 e. The van der Waals surface area contributed by atoms with E-state index in [1.54, 1.807) is 6.08 Å². The van der Waals surface area contributed by atoms with Gasteiger partial charge in [0.1, 0.15) is 17.9 Å². The molecule has 2 aliphatic rings. The van der Waals surface area contributed by atoms with E-state index < -0.39 is 53.0 Å². The lowest BCUT2D eigenvalue weighted by Gasteiger charge is -2.45. The second-order valence-electron chi connectivity index (χ2n) is 12.5. The Balaban J connectivity index is 2.51. The number of rotatable bonds is 8. The second-order valence-corrected chi connectivity index (χ2v) is 22.1. The number of nitrogens with one attached hydrogen (secondary N) is 1. The molecule has 2 heterocycles. The molecule has 2 unspecified atom stereocenters. The summed E-state index contributed by atoms with van der Waals surface area (Å²) < 4.78 is 35.9. The third-order valence-electron chi connectivity index (χ3n) is 7.85. The van der Waals surface area contributed by atoms with Crippen molar-refractivity contribution in [3.63, 3.8) is 0 Å². The smallest absolute Gasteiger partial charge is 0.325 e. The molecule has 34 heavy (non-hydrogen) atoms. The van der Waals surface area contributed by atoms with Crippen LogP contribution in [-0.2, 0) is 13.6 Å². The predicted octanol–water partition coefficient (Wildman–Crippen LogP) is 5.27. The van der Waals surface area contributed by atoms with Crippen LogP contribution in [0.5, 0.6) is 0 Å². The summed E-state index contributed by atoms with van der Waals surface area (Å²) in [5.74, 6) is 0. The van der Waals surface area contributed by atoms with Crippen LogP contribution < -0.4 is 5.32 Å². The van der Waals surface area contributed by atoms with Gasteiger partial charge in [-0.15, -0.1) is 6.58 Å². The van der Waals surface area contributed by atoms with Gasteiger partial charge in [0.05, 0.1) is 6.61 Å². The Labute approximate surface area is 207 Å². The molecule has 2 amide bonds. The molecule has 0 aromatic heterocycles. The topological polar surface area (TPSA) is 80.3 Å². The fourth-order valence-electron chi connectivity index (χ4n) is 3.48. The molecule has 2 N–H and O–H groups in total. The normalized spacial score (nSPS) is 31.1. The molecule has 0 aliphatic carbocycles. The Morgan fingerprint density at radius 3 is 2.24 bits per heavy atom. The third kappa shape index (κ3) is 5.84. The first-order chi connectivity index (χ1) is 15.3. The Morgan fingerprint density at radius 2 is 1.76 bits per heavy atom. The van der Waals surface area contributed by atoms with Gasteiger partial charge in [-0.05, 0) is 48.8 Å². The molecule has 1 fully saturated rings. The molecule has 0 spiro atoms. The lowest BCUT2D eigenvalue weighted by Crippen LogP contribution is -2.56. The van der Waals surface area contributed by atoms with Crippen molar-refractivity contribution in [2.45, 2.75) is 115 Å². The zero-order valence-corrected chi connectivity index (χ0v) is 24.6. The van der Waals surface area contributed by atoms with Crippen LogP contribution in [0.2, 0.25) is 36.3 Å². The summed E-state index contributed by atoms with van der Waals surface area (Å²) in [5, 5.41) is 11.9. The number of ether oxygens (including phenoxy) is 1. The van der Waals surface area contributed by atoms with Crippen molar-refractivity contribution in [1.29, 1.82) is 0 Å². The molecule has 196 valence electrons. The van der Waals surface area contributed by atoms with E-state index in [0.717, 1.165) is 4.90 Å². The van der Waals surface area contributed by atoms with E-state index in [1.165, 1.54) is 12.3 Å². The number of hydrogen-bond acceptors (Lipinski definition) is 5. The van der Waals surface area contributed by atoms with Gasteiger partial charge in [-0.25, -0.2) is 9.18 Å².